The molecule has 0 radical (unpaired) electrons. The highest BCUT2D eigenvalue weighted by atomic mass is 16.5. The van der Waals surface area contributed by atoms with Gasteiger partial charge in [0.05, 0.1) is 12.2 Å². The van der Waals surface area contributed by atoms with Crippen LogP contribution < -0.4 is 10.1 Å². The minimum atomic E-state index is -0.108. The Morgan fingerprint density at radius 3 is 2.76 bits per heavy atom. The van der Waals surface area contributed by atoms with Gasteiger partial charge in [0.2, 0.25) is 0 Å². The monoisotopic (exact) mass is 463 g/mol. The summed E-state index contributed by atoms with van der Waals surface area (Å²) in [6, 6.07) is 7.39. The molecule has 3 aliphatic rings. The van der Waals surface area contributed by atoms with Crippen LogP contribution >= 0.6 is 0 Å². The molecule has 2 aliphatic heterocycles. The van der Waals surface area contributed by atoms with Crippen molar-refractivity contribution in [3.63, 3.8) is 0 Å². The molecule has 34 heavy (non-hydrogen) atoms. The van der Waals surface area contributed by atoms with E-state index in [1.807, 2.05) is 23.1 Å². The van der Waals surface area contributed by atoms with Crippen LogP contribution in [0.2, 0.25) is 0 Å². The molecule has 7 heteroatoms. The van der Waals surface area contributed by atoms with Crippen molar-refractivity contribution in [2.75, 3.05) is 26.2 Å². The summed E-state index contributed by atoms with van der Waals surface area (Å²) in [4.78, 5) is 28.2. The molecular formula is C27H33N3O4. The lowest BCUT2D eigenvalue weighted by molar-refractivity contribution is 0.0556. The van der Waals surface area contributed by atoms with Crippen molar-refractivity contribution < 1.29 is 18.8 Å². The molecule has 2 amide bonds. The smallest absolute Gasteiger partial charge is 0.276 e. The summed E-state index contributed by atoms with van der Waals surface area (Å²) in [6.45, 7) is 2.43. The Balaban J connectivity index is 1.28. The van der Waals surface area contributed by atoms with Crippen LogP contribution in [0.15, 0.2) is 40.9 Å². The summed E-state index contributed by atoms with van der Waals surface area (Å²) >= 11 is 0. The van der Waals surface area contributed by atoms with Gasteiger partial charge >= 0.3 is 0 Å². The van der Waals surface area contributed by atoms with E-state index in [-0.39, 0.29) is 17.2 Å². The molecule has 1 aromatic carbocycles. The third-order valence-corrected chi connectivity index (χ3v) is 7.53. The van der Waals surface area contributed by atoms with Gasteiger partial charge in [0.25, 0.3) is 11.8 Å². The van der Waals surface area contributed by atoms with Gasteiger partial charge in [0.1, 0.15) is 11.5 Å². The van der Waals surface area contributed by atoms with Crippen molar-refractivity contribution >= 4 is 11.8 Å². The summed E-state index contributed by atoms with van der Waals surface area (Å²) in [7, 11) is 0. The number of para-hydroxylation sites is 1. The van der Waals surface area contributed by atoms with Crippen LogP contribution in [-0.2, 0) is 12.8 Å². The van der Waals surface area contributed by atoms with E-state index in [0.29, 0.717) is 43.2 Å². The molecule has 0 bridgehead atoms. The van der Waals surface area contributed by atoms with Crippen molar-refractivity contribution in [3.8, 4) is 5.75 Å². The Morgan fingerprint density at radius 2 is 1.88 bits per heavy atom. The second kappa shape index (κ2) is 10.0. The van der Waals surface area contributed by atoms with Crippen LogP contribution in [0.25, 0.3) is 0 Å². The van der Waals surface area contributed by atoms with Crippen LogP contribution in [0.1, 0.15) is 77.1 Å². The number of piperidine rings is 1. The number of fused-ring (bicyclic) bond motifs is 2. The predicted octanol–water partition coefficient (Wildman–Crippen LogP) is 4.32. The van der Waals surface area contributed by atoms with Crippen LogP contribution in [0.4, 0.5) is 0 Å². The summed E-state index contributed by atoms with van der Waals surface area (Å²) in [5.41, 5.74) is 2.03. The van der Waals surface area contributed by atoms with Crippen molar-refractivity contribution in [1.29, 1.82) is 0 Å². The van der Waals surface area contributed by atoms with E-state index in [2.05, 4.69) is 22.6 Å². The average Bonchev–Trinajstić information content (AvgIpc) is 3.12. The summed E-state index contributed by atoms with van der Waals surface area (Å²) in [6.07, 6.45) is 12.8. The molecule has 1 spiro atoms. The molecule has 7 nitrogen and oxygen atoms in total. The van der Waals surface area contributed by atoms with Gasteiger partial charge < -0.3 is 19.5 Å². The van der Waals surface area contributed by atoms with Gasteiger partial charge in [-0.05, 0) is 62.5 Å². The summed E-state index contributed by atoms with van der Waals surface area (Å²) in [5.74, 6) is 1.39. The minimum absolute atomic E-state index is 0.0134. The van der Waals surface area contributed by atoms with E-state index in [9.17, 15) is 9.59 Å². The second-order valence-electron chi connectivity index (χ2n) is 9.78. The summed E-state index contributed by atoms with van der Waals surface area (Å²) < 4.78 is 11.4. The van der Waals surface area contributed by atoms with Crippen LogP contribution in [0.5, 0.6) is 5.75 Å². The fourth-order valence-corrected chi connectivity index (χ4v) is 5.35. The van der Waals surface area contributed by atoms with E-state index in [1.165, 1.54) is 6.42 Å². The second-order valence-corrected chi connectivity index (χ2v) is 9.78. The number of allylic oxidation sites excluding steroid dienone is 1. The lowest BCUT2D eigenvalue weighted by Crippen LogP contribution is -2.48. The number of hydrogen-bond donors (Lipinski definition) is 1. The molecule has 0 saturated carbocycles. The van der Waals surface area contributed by atoms with Crippen LogP contribution in [-0.4, -0.2) is 48.1 Å². The highest BCUT2D eigenvalue weighted by molar-refractivity contribution is 5.97. The topological polar surface area (TPSA) is 84.7 Å². The third kappa shape index (κ3) is 4.74. The summed E-state index contributed by atoms with van der Waals surface area (Å²) in [5, 5.41) is 7.33. The number of carbonyl (C=O) groups is 2. The van der Waals surface area contributed by atoms with E-state index in [0.717, 1.165) is 62.7 Å². The highest BCUT2D eigenvalue weighted by Gasteiger charge is 2.37. The lowest BCUT2D eigenvalue weighted by atomic mass is 9.75. The Hall–Kier alpha value is -3.09. The number of ether oxygens (including phenoxy) is 1. The van der Waals surface area contributed by atoms with Crippen LogP contribution in [0.3, 0.4) is 0 Å². The van der Waals surface area contributed by atoms with Crippen molar-refractivity contribution in [3.05, 3.63) is 59.0 Å². The van der Waals surface area contributed by atoms with Crippen molar-refractivity contribution in [1.82, 2.24) is 15.4 Å². The number of aryl methyl sites for hydroxylation is 1. The first-order valence-electron chi connectivity index (χ1n) is 12.6. The zero-order chi connectivity index (χ0) is 23.4. The maximum absolute atomic E-state index is 13.3. The number of carbonyl (C=O) groups excluding carboxylic acids is 2. The maximum Gasteiger partial charge on any atom is 0.276 e. The predicted molar refractivity (Wildman–Crippen MR) is 128 cm³/mol. The van der Waals surface area contributed by atoms with E-state index >= 15 is 0 Å². The van der Waals surface area contributed by atoms with Gasteiger partial charge in [-0.2, -0.15) is 0 Å². The minimum Gasteiger partial charge on any atom is -0.492 e. The average molecular weight is 464 g/mol. The molecule has 180 valence electrons. The number of benzene rings is 1. The number of amides is 2. The fraction of sp³-hybridized carbons (Fsp3) is 0.519. The Kier molecular flexibility index (Phi) is 6.70. The fourth-order valence-electron chi connectivity index (χ4n) is 5.35. The first kappa shape index (κ1) is 22.7. The van der Waals surface area contributed by atoms with Gasteiger partial charge in [0, 0.05) is 31.6 Å². The van der Waals surface area contributed by atoms with E-state index in [1.54, 1.807) is 6.07 Å². The largest absolute Gasteiger partial charge is 0.492 e. The van der Waals surface area contributed by atoms with Crippen molar-refractivity contribution in [2.45, 2.75) is 57.8 Å². The molecule has 2 aromatic rings. The SMILES string of the molecule is O=C1NCC2(C/C=C/CCOc3ccccc31)CCN(C(=O)c1noc3c1CCCCC3)CC2. The zero-order valence-corrected chi connectivity index (χ0v) is 19.7. The molecule has 3 heterocycles. The maximum atomic E-state index is 13.3. The van der Waals surface area contributed by atoms with E-state index in [4.69, 9.17) is 9.26 Å². The number of nitrogens with zero attached hydrogens (tertiary/aromatic N) is 2. The standard InChI is InChI=1S/C27H33N3O4/c31-25-21-10-5-6-11-22(21)33-18-8-2-7-13-27(19-28-25)14-16-30(17-15-27)26(32)24-20-9-3-1-4-12-23(20)34-29-24/h2,5-7,10-11H,1,3-4,8-9,12-19H2,(H,28,31)/b7-2+. The third-order valence-electron chi connectivity index (χ3n) is 7.53. The molecule has 1 N–H and O–H groups in total. The first-order chi connectivity index (χ1) is 16.7. The molecule has 0 atom stereocenters. The molecule has 1 aliphatic carbocycles. The van der Waals surface area contributed by atoms with Gasteiger partial charge in [-0.3, -0.25) is 9.59 Å². The number of likely N-dealkylation sites (tertiary alicyclic amines) is 1. The number of rotatable bonds is 1. The molecule has 5 rings (SSSR count). The van der Waals surface area contributed by atoms with Crippen molar-refractivity contribution in [2.24, 2.45) is 5.41 Å². The Morgan fingerprint density at radius 1 is 1.06 bits per heavy atom. The molecule has 1 fully saturated rings. The molecule has 1 saturated heterocycles. The van der Waals surface area contributed by atoms with E-state index < -0.39 is 0 Å². The number of hydrogen-bond acceptors (Lipinski definition) is 5. The Labute approximate surface area is 200 Å². The Bertz CT molecular complexity index is 1070. The number of aromatic nitrogens is 1. The normalized spacial score (nSPS) is 21.6. The quantitative estimate of drug-likeness (QED) is 0.503. The van der Waals surface area contributed by atoms with Gasteiger partial charge in [-0.1, -0.05) is 35.9 Å². The molecular weight excluding hydrogens is 430 g/mol. The molecule has 0 unspecified atom stereocenters. The zero-order valence-electron chi connectivity index (χ0n) is 19.7. The van der Waals surface area contributed by atoms with Crippen LogP contribution in [0, 0.1) is 5.41 Å². The van der Waals surface area contributed by atoms with Gasteiger partial charge in [0.15, 0.2) is 5.69 Å². The van der Waals surface area contributed by atoms with Gasteiger partial charge in [-0.25, -0.2) is 0 Å². The lowest BCUT2D eigenvalue weighted by Gasteiger charge is -2.41. The molecule has 1 aromatic heterocycles. The number of nitrogens with one attached hydrogen (secondary N) is 1. The van der Waals surface area contributed by atoms with Gasteiger partial charge in [-0.15, -0.1) is 0 Å². The first-order valence-corrected chi connectivity index (χ1v) is 12.6. The highest BCUT2D eigenvalue weighted by Crippen LogP contribution is 2.36.